The van der Waals surface area contributed by atoms with Crippen LogP contribution in [0.4, 0.5) is 0 Å². The number of H-pyrrole nitrogens is 1. The topological polar surface area (TPSA) is 90.0 Å². The number of rotatable bonds is 6. The maximum absolute atomic E-state index is 11.2. The van der Waals surface area contributed by atoms with Crippen molar-refractivity contribution in [2.45, 2.75) is 6.61 Å². The summed E-state index contributed by atoms with van der Waals surface area (Å²) in [6, 6.07) is 5.27. The molecule has 0 saturated carbocycles. The van der Waals surface area contributed by atoms with E-state index in [2.05, 4.69) is 20.2 Å². The smallest absolute Gasteiger partial charge is 0.213 e. The van der Waals surface area contributed by atoms with Gasteiger partial charge in [-0.2, -0.15) is 5.10 Å². The van der Waals surface area contributed by atoms with E-state index in [1.807, 2.05) is 12.1 Å². The molecule has 0 aliphatic rings. The molecule has 0 fully saturated rings. The summed E-state index contributed by atoms with van der Waals surface area (Å²) < 4.78 is 10.7. The van der Waals surface area contributed by atoms with Crippen molar-refractivity contribution in [1.29, 1.82) is 0 Å². The van der Waals surface area contributed by atoms with Crippen molar-refractivity contribution in [2.24, 2.45) is 0 Å². The zero-order valence-corrected chi connectivity index (χ0v) is 12.4. The minimum absolute atomic E-state index is 0.253. The second-order valence-electron chi connectivity index (χ2n) is 4.67. The van der Waals surface area contributed by atoms with Gasteiger partial charge in [0.2, 0.25) is 5.88 Å². The Kier molecular flexibility index (Phi) is 4.28. The first-order valence-corrected chi connectivity index (χ1v) is 6.87. The Morgan fingerprint density at radius 1 is 1.30 bits per heavy atom. The third-order valence-electron chi connectivity index (χ3n) is 3.25. The Hall–Kier alpha value is -3.22. The zero-order valence-electron chi connectivity index (χ0n) is 12.4. The van der Waals surface area contributed by atoms with Gasteiger partial charge in [-0.25, -0.2) is 4.98 Å². The van der Waals surface area contributed by atoms with Gasteiger partial charge >= 0.3 is 0 Å². The summed E-state index contributed by atoms with van der Waals surface area (Å²) in [5, 5.41) is 6.69. The first-order valence-electron chi connectivity index (χ1n) is 6.87. The van der Waals surface area contributed by atoms with Crippen molar-refractivity contribution in [3.63, 3.8) is 0 Å². The molecule has 0 aliphatic carbocycles. The lowest BCUT2D eigenvalue weighted by molar-refractivity contribution is 0.111. The van der Waals surface area contributed by atoms with Crippen molar-refractivity contribution >= 4 is 6.29 Å². The molecule has 23 heavy (non-hydrogen) atoms. The van der Waals surface area contributed by atoms with Crippen molar-refractivity contribution in [2.75, 3.05) is 7.11 Å². The molecule has 3 aromatic heterocycles. The van der Waals surface area contributed by atoms with Crippen LogP contribution in [0.15, 0.2) is 43.0 Å². The molecule has 0 atom stereocenters. The average Bonchev–Trinajstić information content (AvgIpc) is 3.14. The molecule has 7 nitrogen and oxygen atoms in total. The van der Waals surface area contributed by atoms with Crippen LogP contribution in [0.2, 0.25) is 0 Å². The molecule has 7 heteroatoms. The van der Waals surface area contributed by atoms with Crippen LogP contribution in [0.25, 0.3) is 11.3 Å². The number of hydrogen-bond donors (Lipinski definition) is 1. The van der Waals surface area contributed by atoms with Gasteiger partial charge in [-0.15, -0.1) is 0 Å². The Balaban J connectivity index is 1.83. The van der Waals surface area contributed by atoms with Gasteiger partial charge in [0.15, 0.2) is 6.29 Å². The van der Waals surface area contributed by atoms with E-state index in [4.69, 9.17) is 9.47 Å². The summed E-state index contributed by atoms with van der Waals surface area (Å²) in [7, 11) is 1.49. The minimum Gasteiger partial charge on any atom is -0.486 e. The third-order valence-corrected chi connectivity index (χ3v) is 3.25. The number of ether oxygens (including phenoxy) is 2. The summed E-state index contributed by atoms with van der Waals surface area (Å²) in [5.74, 6) is 0.753. The van der Waals surface area contributed by atoms with E-state index >= 15 is 0 Å². The quantitative estimate of drug-likeness (QED) is 0.702. The number of nitrogens with zero attached hydrogens (tertiary/aromatic N) is 3. The molecular weight excluding hydrogens is 296 g/mol. The molecule has 0 aromatic carbocycles. The lowest BCUT2D eigenvalue weighted by atomic mass is 10.1. The van der Waals surface area contributed by atoms with E-state index in [-0.39, 0.29) is 6.61 Å². The molecule has 0 spiro atoms. The highest BCUT2D eigenvalue weighted by Crippen LogP contribution is 2.24. The number of pyridine rings is 2. The fourth-order valence-corrected chi connectivity index (χ4v) is 2.11. The largest absolute Gasteiger partial charge is 0.486 e. The Labute approximate surface area is 132 Å². The van der Waals surface area contributed by atoms with E-state index in [0.29, 0.717) is 23.5 Å². The molecule has 116 valence electrons. The fraction of sp³-hybridized carbons (Fsp3) is 0.125. The maximum atomic E-state index is 11.2. The van der Waals surface area contributed by atoms with Gasteiger partial charge < -0.3 is 9.47 Å². The first kappa shape index (κ1) is 14.7. The summed E-state index contributed by atoms with van der Waals surface area (Å²) >= 11 is 0. The molecule has 0 saturated heterocycles. The van der Waals surface area contributed by atoms with Crippen molar-refractivity contribution in [1.82, 2.24) is 20.2 Å². The number of hydrogen-bond acceptors (Lipinski definition) is 6. The van der Waals surface area contributed by atoms with E-state index in [9.17, 15) is 4.79 Å². The van der Waals surface area contributed by atoms with E-state index in [1.165, 1.54) is 19.4 Å². The number of carbonyl (C=O) groups is 1. The molecule has 0 unspecified atom stereocenters. The van der Waals surface area contributed by atoms with Crippen LogP contribution < -0.4 is 9.47 Å². The normalized spacial score (nSPS) is 10.3. The summed E-state index contributed by atoms with van der Waals surface area (Å²) in [6.07, 6.45) is 7.34. The highest BCUT2D eigenvalue weighted by molar-refractivity contribution is 5.79. The van der Waals surface area contributed by atoms with Crippen LogP contribution in [0.3, 0.4) is 0 Å². The number of aldehydes is 1. The molecule has 3 aromatic rings. The van der Waals surface area contributed by atoms with Gasteiger partial charge in [0, 0.05) is 29.6 Å². The average molecular weight is 310 g/mol. The summed E-state index contributed by atoms with van der Waals surface area (Å²) in [5.41, 5.74) is 2.90. The van der Waals surface area contributed by atoms with Crippen molar-refractivity contribution in [3.05, 3.63) is 54.1 Å². The lowest BCUT2D eigenvalue weighted by Gasteiger charge is -2.11. The molecule has 0 bridgehead atoms. The number of aromatic nitrogens is 4. The Morgan fingerprint density at radius 2 is 2.22 bits per heavy atom. The van der Waals surface area contributed by atoms with Crippen LogP contribution in [0.5, 0.6) is 11.6 Å². The van der Waals surface area contributed by atoms with Crippen LogP contribution in [-0.2, 0) is 6.61 Å². The van der Waals surface area contributed by atoms with Gasteiger partial charge in [-0.1, -0.05) is 6.07 Å². The SMILES string of the molecule is COc1cc(C=O)c(OCc2cccnc2-c2cn[nH]c2)cn1. The molecule has 0 amide bonds. The summed E-state index contributed by atoms with van der Waals surface area (Å²) in [4.78, 5) is 19.6. The third kappa shape index (κ3) is 3.18. The monoisotopic (exact) mass is 310 g/mol. The van der Waals surface area contributed by atoms with E-state index < -0.39 is 0 Å². The zero-order chi connectivity index (χ0) is 16.1. The molecule has 1 N–H and O–H groups in total. The molecule has 0 aliphatic heterocycles. The second kappa shape index (κ2) is 6.69. The number of carbonyl (C=O) groups excluding carboxylic acids is 1. The van der Waals surface area contributed by atoms with Crippen LogP contribution >= 0.6 is 0 Å². The van der Waals surface area contributed by atoms with Gasteiger partial charge in [0.25, 0.3) is 0 Å². The van der Waals surface area contributed by atoms with Gasteiger partial charge in [0.05, 0.1) is 30.8 Å². The maximum Gasteiger partial charge on any atom is 0.213 e. The number of nitrogens with one attached hydrogen (secondary N) is 1. The van der Waals surface area contributed by atoms with Crippen molar-refractivity contribution < 1.29 is 14.3 Å². The van der Waals surface area contributed by atoms with E-state index in [1.54, 1.807) is 18.6 Å². The van der Waals surface area contributed by atoms with Crippen LogP contribution in [0, 0.1) is 0 Å². The standard InChI is InChI=1S/C16H14N4O3/c1-22-15-5-12(9-21)14(8-18-15)23-10-11-3-2-4-17-16(11)13-6-19-20-7-13/h2-9H,10H2,1H3,(H,19,20). The van der Waals surface area contributed by atoms with Crippen molar-refractivity contribution in [3.8, 4) is 22.9 Å². The molecule has 0 radical (unpaired) electrons. The van der Waals surface area contributed by atoms with Gasteiger partial charge in [0.1, 0.15) is 12.4 Å². The number of aromatic amines is 1. The minimum atomic E-state index is 0.253. The predicted octanol–water partition coefficient (Wildman–Crippen LogP) is 2.27. The number of methoxy groups -OCH3 is 1. The van der Waals surface area contributed by atoms with Gasteiger partial charge in [-0.05, 0) is 6.07 Å². The predicted molar refractivity (Wildman–Crippen MR) is 82.3 cm³/mol. The highest BCUT2D eigenvalue weighted by Gasteiger charge is 2.10. The van der Waals surface area contributed by atoms with Gasteiger partial charge in [-0.3, -0.25) is 14.9 Å². The lowest BCUT2D eigenvalue weighted by Crippen LogP contribution is -2.02. The molecular formula is C16H14N4O3. The molecule has 3 rings (SSSR count). The van der Waals surface area contributed by atoms with Crippen LogP contribution in [0.1, 0.15) is 15.9 Å². The second-order valence-corrected chi connectivity index (χ2v) is 4.67. The Bertz CT molecular complexity index is 803. The molecule has 3 heterocycles. The highest BCUT2D eigenvalue weighted by atomic mass is 16.5. The fourth-order valence-electron chi connectivity index (χ4n) is 2.11. The van der Waals surface area contributed by atoms with Crippen LogP contribution in [-0.4, -0.2) is 33.6 Å². The Morgan fingerprint density at radius 3 is 2.96 bits per heavy atom. The summed E-state index contributed by atoms with van der Waals surface area (Å²) in [6.45, 7) is 0.253. The first-order chi connectivity index (χ1) is 11.3. The van der Waals surface area contributed by atoms with E-state index in [0.717, 1.165) is 16.8 Å².